The number of alkyl halides is 3. The molecule has 4 N–H and O–H groups in total. The van der Waals surface area contributed by atoms with E-state index in [9.17, 15) is 27.6 Å². The third-order valence-electron chi connectivity index (χ3n) is 5.56. The highest BCUT2D eigenvalue weighted by Gasteiger charge is 2.51. The Kier molecular flexibility index (Phi) is 6.66. The summed E-state index contributed by atoms with van der Waals surface area (Å²) >= 11 is 5.70. The Balaban J connectivity index is 1.30. The van der Waals surface area contributed by atoms with Crippen molar-refractivity contribution in [3.63, 3.8) is 0 Å². The maximum Gasteiger partial charge on any atom is 0.418 e. The Morgan fingerprint density at radius 3 is 2.63 bits per heavy atom. The second kappa shape index (κ2) is 9.53. The number of carbonyl (C=O) groups excluding carboxylic acids is 2. The van der Waals surface area contributed by atoms with E-state index in [0.29, 0.717) is 25.0 Å². The Labute approximate surface area is 201 Å². The van der Waals surface area contributed by atoms with Gasteiger partial charge in [-0.25, -0.2) is 5.10 Å². The van der Waals surface area contributed by atoms with Crippen molar-refractivity contribution in [1.82, 2.24) is 20.8 Å². The zero-order valence-electron chi connectivity index (χ0n) is 18.1. The summed E-state index contributed by atoms with van der Waals surface area (Å²) < 4.78 is 39.8. The molecule has 184 valence electrons. The lowest BCUT2D eigenvalue weighted by molar-refractivity contribution is -0.137. The minimum absolute atomic E-state index is 0.0244. The van der Waals surface area contributed by atoms with E-state index in [0.717, 1.165) is 12.1 Å². The van der Waals surface area contributed by atoms with Gasteiger partial charge in [-0.05, 0) is 37.5 Å². The number of nitrogens with one attached hydrogen (secondary N) is 4. The molecule has 2 amide bonds. The van der Waals surface area contributed by atoms with Gasteiger partial charge in [0.1, 0.15) is 5.54 Å². The average molecular weight is 509 g/mol. The van der Waals surface area contributed by atoms with Crippen LogP contribution >= 0.6 is 11.6 Å². The third-order valence-corrected chi connectivity index (χ3v) is 5.80. The van der Waals surface area contributed by atoms with Gasteiger partial charge in [-0.2, -0.15) is 18.3 Å². The van der Waals surface area contributed by atoms with Gasteiger partial charge in [0.05, 0.1) is 34.8 Å². The summed E-state index contributed by atoms with van der Waals surface area (Å²) in [5.74, 6) is -0.950. The van der Waals surface area contributed by atoms with E-state index in [2.05, 4.69) is 31.1 Å². The van der Waals surface area contributed by atoms with Gasteiger partial charge in [-0.3, -0.25) is 19.4 Å². The number of halogens is 4. The number of carbonyl (C=O) groups is 2. The average Bonchev–Trinajstić information content (AvgIpc) is 3.59. The Morgan fingerprint density at radius 2 is 2.00 bits per heavy atom. The smallest absolute Gasteiger partial charge is 0.354 e. The Morgan fingerprint density at radius 1 is 1.23 bits per heavy atom. The van der Waals surface area contributed by atoms with Gasteiger partial charge in [0, 0.05) is 23.8 Å². The molecule has 1 saturated carbocycles. The number of anilines is 1. The van der Waals surface area contributed by atoms with Gasteiger partial charge in [0.15, 0.2) is 0 Å². The van der Waals surface area contributed by atoms with E-state index in [4.69, 9.17) is 11.6 Å². The van der Waals surface area contributed by atoms with E-state index in [-0.39, 0.29) is 34.8 Å². The fraction of sp³-hybridized carbons (Fsp3) is 0.318. The van der Waals surface area contributed by atoms with Crippen LogP contribution in [0.15, 0.2) is 52.0 Å². The first kappa shape index (κ1) is 24.5. The van der Waals surface area contributed by atoms with Gasteiger partial charge in [0.2, 0.25) is 5.91 Å². The van der Waals surface area contributed by atoms with Crippen LogP contribution in [0.2, 0.25) is 5.02 Å². The molecular weight excluding hydrogens is 489 g/mol. The van der Waals surface area contributed by atoms with E-state index in [1.165, 1.54) is 24.5 Å². The monoisotopic (exact) mass is 508 g/mol. The molecule has 0 radical (unpaired) electrons. The first-order chi connectivity index (χ1) is 16.6. The van der Waals surface area contributed by atoms with Gasteiger partial charge in [0.25, 0.3) is 11.5 Å². The molecule has 2 aliphatic rings. The fourth-order valence-electron chi connectivity index (χ4n) is 3.50. The van der Waals surface area contributed by atoms with Crippen LogP contribution < -0.4 is 21.5 Å². The molecule has 1 aromatic carbocycles. The fourth-order valence-corrected chi connectivity index (χ4v) is 3.67. The molecule has 0 spiro atoms. The molecule has 1 aromatic heterocycles. The van der Waals surface area contributed by atoms with Crippen molar-refractivity contribution < 1.29 is 22.8 Å². The molecule has 0 bridgehead atoms. The highest BCUT2D eigenvalue weighted by atomic mass is 35.5. The van der Waals surface area contributed by atoms with Crippen LogP contribution in [0, 0.1) is 0 Å². The second-order valence-corrected chi connectivity index (χ2v) is 8.66. The summed E-state index contributed by atoms with van der Waals surface area (Å²) in [4.78, 5) is 40.6. The van der Waals surface area contributed by atoms with Gasteiger partial charge in [-0.15, -0.1) is 0 Å². The lowest BCUT2D eigenvalue weighted by Crippen LogP contribution is -2.50. The van der Waals surface area contributed by atoms with Crippen molar-refractivity contribution in [2.45, 2.75) is 37.0 Å². The number of dihydropyridines is 1. The molecule has 2 aromatic rings. The lowest BCUT2D eigenvalue weighted by Gasteiger charge is -2.21. The van der Waals surface area contributed by atoms with Crippen LogP contribution in [0.5, 0.6) is 0 Å². The number of hydrogen-bond donors (Lipinski definition) is 4. The van der Waals surface area contributed by atoms with E-state index in [1.54, 1.807) is 6.08 Å². The number of H-pyrrole nitrogens is 1. The standard InChI is InChI=1S/C22H20ClF3N6O3/c23-13-1-4-17(16(8-13)22(24,25)26)30-15-3-2-14(27-11-15)10-28-20(35)21(5-6-21)31-19(34)12-7-18(33)32-29-9-12/h1,3-4,7-9,11,14,30H,2,5-6,10H2,(H,28,35)(H,31,34)(H,32,33). The van der Waals surface area contributed by atoms with Crippen molar-refractivity contribution in [2.75, 3.05) is 11.9 Å². The number of hydrogen-bond acceptors (Lipinski definition) is 6. The first-order valence-corrected chi connectivity index (χ1v) is 11.0. The topological polar surface area (TPSA) is 128 Å². The molecule has 1 aliphatic heterocycles. The number of aromatic nitrogens is 2. The van der Waals surface area contributed by atoms with Crippen molar-refractivity contribution in [1.29, 1.82) is 0 Å². The lowest BCUT2D eigenvalue weighted by atomic mass is 10.1. The number of amides is 2. The molecule has 1 fully saturated rings. The summed E-state index contributed by atoms with van der Waals surface area (Å²) in [5, 5.41) is 13.8. The van der Waals surface area contributed by atoms with Crippen LogP contribution in [0.4, 0.5) is 18.9 Å². The normalized spacial score (nSPS) is 18.4. The molecule has 2 heterocycles. The summed E-state index contributed by atoms with van der Waals surface area (Å²) in [7, 11) is 0. The Bertz CT molecular complexity index is 1270. The first-order valence-electron chi connectivity index (χ1n) is 10.6. The third kappa shape index (κ3) is 5.88. The molecule has 4 rings (SSSR count). The molecule has 0 saturated heterocycles. The number of aromatic amines is 1. The number of nitrogens with zero attached hydrogens (tertiary/aromatic N) is 2. The minimum atomic E-state index is -4.58. The largest absolute Gasteiger partial charge is 0.418 e. The molecule has 1 atom stereocenters. The summed E-state index contributed by atoms with van der Waals surface area (Å²) in [6.07, 6.45) is 0.995. The van der Waals surface area contributed by atoms with E-state index >= 15 is 0 Å². The molecule has 35 heavy (non-hydrogen) atoms. The second-order valence-electron chi connectivity index (χ2n) is 8.22. The van der Waals surface area contributed by atoms with Crippen LogP contribution in [-0.4, -0.2) is 46.4 Å². The molecular formula is C22H20ClF3N6O3. The predicted octanol–water partition coefficient (Wildman–Crippen LogP) is 2.66. The summed E-state index contributed by atoms with van der Waals surface area (Å²) in [6.45, 7) is 0.179. The number of aliphatic imine (C=N–C) groups is 1. The highest BCUT2D eigenvalue weighted by molar-refractivity contribution is 6.30. The molecule has 13 heteroatoms. The van der Waals surface area contributed by atoms with Crippen LogP contribution in [-0.2, 0) is 11.0 Å². The molecule has 1 unspecified atom stereocenters. The SMILES string of the molecule is O=C(NC1(C(=O)NCC2CC=C(Nc3ccc(Cl)cc3C(F)(F)F)C=N2)CC1)c1cn[nH]c(=O)c1. The summed E-state index contributed by atoms with van der Waals surface area (Å²) in [5.41, 5.74) is -2.19. The maximum absolute atomic E-state index is 13.3. The van der Waals surface area contributed by atoms with E-state index in [1.807, 2.05) is 0 Å². The molecule has 9 nitrogen and oxygen atoms in total. The van der Waals surface area contributed by atoms with Gasteiger partial charge < -0.3 is 16.0 Å². The quantitative estimate of drug-likeness (QED) is 0.457. The van der Waals surface area contributed by atoms with Crippen molar-refractivity contribution in [3.8, 4) is 0 Å². The highest BCUT2D eigenvalue weighted by Crippen LogP contribution is 2.37. The Hall–Kier alpha value is -3.67. The zero-order valence-corrected chi connectivity index (χ0v) is 18.8. The predicted molar refractivity (Wildman–Crippen MR) is 122 cm³/mol. The minimum Gasteiger partial charge on any atom is -0.354 e. The van der Waals surface area contributed by atoms with Gasteiger partial charge in [-0.1, -0.05) is 17.7 Å². The summed E-state index contributed by atoms with van der Waals surface area (Å²) in [6, 6.07) is 4.22. The number of rotatable bonds is 7. The van der Waals surface area contributed by atoms with Crippen LogP contribution in [0.25, 0.3) is 0 Å². The van der Waals surface area contributed by atoms with E-state index < -0.39 is 28.7 Å². The maximum atomic E-state index is 13.3. The van der Waals surface area contributed by atoms with Crippen LogP contribution in [0.1, 0.15) is 35.2 Å². The van der Waals surface area contributed by atoms with Gasteiger partial charge >= 0.3 is 6.18 Å². The zero-order chi connectivity index (χ0) is 25.2. The van der Waals surface area contributed by atoms with Crippen molar-refractivity contribution >= 4 is 35.3 Å². The number of allylic oxidation sites excluding steroid dienone is 1. The molecule has 1 aliphatic carbocycles. The van der Waals surface area contributed by atoms with Crippen molar-refractivity contribution in [2.24, 2.45) is 4.99 Å². The van der Waals surface area contributed by atoms with Crippen molar-refractivity contribution in [3.05, 3.63) is 68.7 Å². The number of benzene rings is 1. The van der Waals surface area contributed by atoms with Crippen LogP contribution in [0.3, 0.4) is 0 Å².